The molecule has 10 heteroatoms. The quantitative estimate of drug-likeness (QED) is 0.340. The molecule has 2 aliphatic rings. The first-order chi connectivity index (χ1) is 18.0. The summed E-state index contributed by atoms with van der Waals surface area (Å²) < 4.78 is 5.45. The molecule has 10 nitrogen and oxygen atoms in total. The zero-order chi connectivity index (χ0) is 25.9. The molecule has 204 valence electrons. The average molecular weight is 512 g/mol. The SMILES string of the molecule is CN(C)CCCNCc1ccc(CNc2nc(N)cc(N3CCN(CCN4CCOCC4)CC3)n2)cc1. The number of piperazine rings is 1. The maximum absolute atomic E-state index is 6.14. The minimum Gasteiger partial charge on any atom is -0.383 e. The third-order valence-electron chi connectivity index (χ3n) is 7.03. The van der Waals surface area contributed by atoms with E-state index in [2.05, 4.69) is 73.6 Å². The van der Waals surface area contributed by atoms with E-state index in [4.69, 9.17) is 15.5 Å². The largest absolute Gasteiger partial charge is 0.383 e. The van der Waals surface area contributed by atoms with Crippen LogP contribution in [0.4, 0.5) is 17.6 Å². The van der Waals surface area contributed by atoms with Crippen molar-refractivity contribution in [2.24, 2.45) is 0 Å². The van der Waals surface area contributed by atoms with Gasteiger partial charge in [0, 0.05) is 71.5 Å². The van der Waals surface area contributed by atoms with Gasteiger partial charge in [-0.25, -0.2) is 0 Å². The van der Waals surface area contributed by atoms with E-state index in [-0.39, 0.29) is 0 Å². The van der Waals surface area contributed by atoms with Crippen LogP contribution in [0.3, 0.4) is 0 Å². The van der Waals surface area contributed by atoms with Crippen molar-refractivity contribution >= 4 is 17.6 Å². The lowest BCUT2D eigenvalue weighted by molar-refractivity contribution is 0.0331. The maximum atomic E-state index is 6.14. The van der Waals surface area contributed by atoms with Crippen molar-refractivity contribution in [2.75, 3.05) is 109 Å². The first-order valence-corrected chi connectivity index (χ1v) is 13.6. The number of hydrogen-bond donors (Lipinski definition) is 3. The van der Waals surface area contributed by atoms with Crippen LogP contribution >= 0.6 is 0 Å². The second-order valence-corrected chi connectivity index (χ2v) is 10.3. The summed E-state index contributed by atoms with van der Waals surface area (Å²) in [7, 11) is 4.22. The van der Waals surface area contributed by atoms with Gasteiger partial charge in [0.25, 0.3) is 0 Å². The van der Waals surface area contributed by atoms with Gasteiger partial charge in [-0.3, -0.25) is 9.80 Å². The Morgan fingerprint density at radius 2 is 1.54 bits per heavy atom. The molecule has 1 aromatic heterocycles. The lowest BCUT2D eigenvalue weighted by Crippen LogP contribution is -2.49. The highest BCUT2D eigenvalue weighted by Gasteiger charge is 2.20. The summed E-state index contributed by atoms with van der Waals surface area (Å²) in [5.74, 6) is 1.98. The van der Waals surface area contributed by atoms with Gasteiger partial charge in [0.2, 0.25) is 5.95 Å². The van der Waals surface area contributed by atoms with Crippen LogP contribution in [0.1, 0.15) is 17.5 Å². The van der Waals surface area contributed by atoms with Crippen LogP contribution in [0.15, 0.2) is 30.3 Å². The highest BCUT2D eigenvalue weighted by molar-refractivity contribution is 5.52. The van der Waals surface area contributed by atoms with Gasteiger partial charge in [-0.05, 0) is 44.7 Å². The van der Waals surface area contributed by atoms with Crippen molar-refractivity contribution < 1.29 is 4.74 Å². The molecule has 2 aliphatic heterocycles. The number of hydrogen-bond acceptors (Lipinski definition) is 10. The Labute approximate surface area is 222 Å². The second kappa shape index (κ2) is 14.4. The zero-order valence-electron chi connectivity index (χ0n) is 22.7. The van der Waals surface area contributed by atoms with Crippen LogP contribution in [0.25, 0.3) is 0 Å². The molecule has 37 heavy (non-hydrogen) atoms. The number of nitrogen functional groups attached to an aromatic ring is 1. The highest BCUT2D eigenvalue weighted by Crippen LogP contribution is 2.19. The number of nitrogens with one attached hydrogen (secondary N) is 2. The molecule has 0 saturated carbocycles. The summed E-state index contributed by atoms with van der Waals surface area (Å²) in [6.07, 6.45) is 1.15. The zero-order valence-corrected chi connectivity index (χ0v) is 22.7. The van der Waals surface area contributed by atoms with Gasteiger partial charge in [-0.2, -0.15) is 9.97 Å². The number of nitrogens with two attached hydrogens (primary N) is 1. The predicted octanol–water partition coefficient (Wildman–Crippen LogP) is 1.17. The smallest absolute Gasteiger partial charge is 0.226 e. The molecule has 4 rings (SSSR count). The van der Waals surface area contributed by atoms with Gasteiger partial charge in [0.05, 0.1) is 13.2 Å². The van der Waals surface area contributed by atoms with Gasteiger partial charge >= 0.3 is 0 Å². The summed E-state index contributed by atoms with van der Waals surface area (Å²) in [6.45, 7) is 13.7. The van der Waals surface area contributed by atoms with Crippen LogP contribution < -0.4 is 21.3 Å². The van der Waals surface area contributed by atoms with E-state index < -0.39 is 0 Å². The van der Waals surface area contributed by atoms with Gasteiger partial charge in [0.1, 0.15) is 11.6 Å². The van der Waals surface area contributed by atoms with Crippen molar-refractivity contribution in [1.82, 2.24) is 30.0 Å². The standard InChI is InChI=1S/C27H45N9O/c1-33(2)9-3-8-29-21-23-4-6-24(7-5-23)22-30-27-31-25(28)20-26(32-27)36-14-12-34(13-15-36)10-11-35-16-18-37-19-17-35/h4-7,20,29H,3,8-19,21-22H2,1-2H3,(H3,28,30,31,32). The lowest BCUT2D eigenvalue weighted by atomic mass is 10.1. The molecule has 0 spiro atoms. The highest BCUT2D eigenvalue weighted by atomic mass is 16.5. The van der Waals surface area contributed by atoms with E-state index in [9.17, 15) is 0 Å². The van der Waals surface area contributed by atoms with Crippen molar-refractivity contribution in [1.29, 1.82) is 0 Å². The van der Waals surface area contributed by atoms with Crippen molar-refractivity contribution in [2.45, 2.75) is 19.5 Å². The van der Waals surface area contributed by atoms with E-state index >= 15 is 0 Å². The number of anilines is 3. The lowest BCUT2D eigenvalue weighted by Gasteiger charge is -2.37. The molecule has 2 fully saturated rings. The molecule has 4 N–H and O–H groups in total. The van der Waals surface area contributed by atoms with Crippen molar-refractivity contribution in [3.63, 3.8) is 0 Å². The molecule has 2 aromatic rings. The van der Waals surface area contributed by atoms with Crippen LogP contribution in [-0.2, 0) is 17.8 Å². The molecule has 0 radical (unpaired) electrons. The molecule has 3 heterocycles. The summed E-state index contributed by atoms with van der Waals surface area (Å²) in [5.41, 5.74) is 8.63. The summed E-state index contributed by atoms with van der Waals surface area (Å²) >= 11 is 0. The Kier molecular flexibility index (Phi) is 10.7. The fraction of sp³-hybridized carbons (Fsp3) is 0.630. The first-order valence-electron chi connectivity index (χ1n) is 13.6. The summed E-state index contributed by atoms with van der Waals surface area (Å²) in [5, 5.41) is 6.87. The number of nitrogens with zero attached hydrogens (tertiary/aromatic N) is 6. The Morgan fingerprint density at radius 3 is 2.22 bits per heavy atom. The second-order valence-electron chi connectivity index (χ2n) is 10.3. The Bertz CT molecular complexity index is 926. The number of rotatable bonds is 13. The predicted molar refractivity (Wildman–Crippen MR) is 151 cm³/mol. The molecule has 0 unspecified atom stereocenters. The van der Waals surface area contributed by atoms with Crippen molar-refractivity contribution in [3.05, 3.63) is 41.5 Å². The molecule has 0 bridgehead atoms. The number of ether oxygens (including phenoxy) is 1. The third-order valence-corrected chi connectivity index (χ3v) is 7.03. The molecule has 0 aliphatic carbocycles. The number of aromatic nitrogens is 2. The summed E-state index contributed by atoms with van der Waals surface area (Å²) in [6, 6.07) is 10.6. The fourth-order valence-corrected chi connectivity index (χ4v) is 4.71. The molecule has 0 atom stereocenters. The Morgan fingerprint density at radius 1 is 0.892 bits per heavy atom. The van der Waals surface area contributed by atoms with E-state index in [1.807, 2.05) is 6.07 Å². The minimum atomic E-state index is 0.498. The number of benzene rings is 1. The van der Waals surface area contributed by atoms with Crippen LogP contribution in [0.2, 0.25) is 0 Å². The first kappa shape index (κ1) is 27.5. The molecular formula is C27H45N9O. The van der Waals surface area contributed by atoms with Crippen molar-refractivity contribution in [3.8, 4) is 0 Å². The molecule has 2 saturated heterocycles. The maximum Gasteiger partial charge on any atom is 0.226 e. The third kappa shape index (κ3) is 9.39. The molecule has 1 aromatic carbocycles. The van der Waals surface area contributed by atoms with Gasteiger partial charge in [0.15, 0.2) is 0 Å². The molecule has 0 amide bonds. The van der Waals surface area contributed by atoms with Crippen LogP contribution in [0.5, 0.6) is 0 Å². The fourth-order valence-electron chi connectivity index (χ4n) is 4.71. The van der Waals surface area contributed by atoms with Gasteiger partial charge < -0.3 is 30.9 Å². The van der Waals surface area contributed by atoms with Gasteiger partial charge in [-0.1, -0.05) is 24.3 Å². The van der Waals surface area contributed by atoms with E-state index in [0.29, 0.717) is 18.3 Å². The Balaban J connectivity index is 1.20. The van der Waals surface area contributed by atoms with Crippen LogP contribution in [-0.4, -0.2) is 117 Å². The Hall–Kier alpha value is -2.50. The number of morpholine rings is 1. The minimum absolute atomic E-state index is 0.498. The van der Waals surface area contributed by atoms with Gasteiger partial charge in [-0.15, -0.1) is 0 Å². The monoisotopic (exact) mass is 511 g/mol. The van der Waals surface area contributed by atoms with Crippen LogP contribution in [0, 0.1) is 0 Å². The average Bonchev–Trinajstić information content (AvgIpc) is 2.92. The summed E-state index contributed by atoms with van der Waals surface area (Å²) in [4.78, 5) is 18.8. The van der Waals surface area contributed by atoms with E-state index in [1.54, 1.807) is 0 Å². The molecular weight excluding hydrogens is 466 g/mol. The van der Waals surface area contributed by atoms with E-state index in [0.717, 1.165) is 97.4 Å². The topological polar surface area (TPSA) is 98.0 Å². The van der Waals surface area contributed by atoms with E-state index in [1.165, 1.54) is 11.1 Å². The normalized spacial score (nSPS) is 17.4.